The predicted octanol–water partition coefficient (Wildman–Crippen LogP) is 0.528. The Labute approximate surface area is 234 Å². The van der Waals surface area contributed by atoms with Gasteiger partial charge in [-0.05, 0) is 12.5 Å². The summed E-state index contributed by atoms with van der Waals surface area (Å²) in [7, 11) is 0. The van der Waals surface area contributed by atoms with Gasteiger partial charge in [-0.2, -0.15) is 0 Å². The van der Waals surface area contributed by atoms with Crippen molar-refractivity contribution in [1.82, 2.24) is 25.2 Å². The van der Waals surface area contributed by atoms with E-state index in [1.807, 2.05) is 0 Å². The topological polar surface area (TPSA) is 209 Å². The molecule has 0 saturated carbocycles. The minimum atomic E-state index is -1.02. The SMILES string of the molecule is CC1OC(=O)OC1COC(=O)C1=C(/C=C\c2cncnc2)CS[C@@H]2[C@H](NC(=O)/C(=N/O)c3csc(N)n3)C(=O)N12. The molecule has 5 heterocycles. The Kier molecular flexibility index (Phi) is 7.65. The first kappa shape index (κ1) is 27.1. The van der Waals surface area contributed by atoms with E-state index in [2.05, 4.69) is 25.4 Å². The number of amides is 2. The van der Waals surface area contributed by atoms with Crippen molar-refractivity contribution in [2.24, 2.45) is 5.16 Å². The van der Waals surface area contributed by atoms with Crippen molar-refractivity contribution in [3.8, 4) is 0 Å². The molecular formula is C23H21N7O8S2. The van der Waals surface area contributed by atoms with Crippen LogP contribution in [0.5, 0.6) is 0 Å². The van der Waals surface area contributed by atoms with Crippen LogP contribution in [0.25, 0.3) is 6.08 Å². The normalized spacial score (nSPS) is 24.3. The molecule has 0 spiro atoms. The van der Waals surface area contributed by atoms with Crippen molar-refractivity contribution in [3.05, 3.63) is 52.7 Å². The molecule has 4 N–H and O–H groups in total. The molecule has 3 aliphatic heterocycles. The zero-order chi connectivity index (χ0) is 28.4. The molecule has 2 aromatic heterocycles. The van der Waals surface area contributed by atoms with Gasteiger partial charge < -0.3 is 30.5 Å². The fourth-order valence-electron chi connectivity index (χ4n) is 4.04. The van der Waals surface area contributed by atoms with Crippen LogP contribution in [0.3, 0.4) is 0 Å². The number of rotatable bonds is 8. The Balaban J connectivity index is 1.36. The third-order valence-electron chi connectivity index (χ3n) is 6.05. The van der Waals surface area contributed by atoms with Gasteiger partial charge in [-0.1, -0.05) is 17.3 Å². The van der Waals surface area contributed by atoms with Crippen LogP contribution in [-0.4, -0.2) is 90.7 Å². The van der Waals surface area contributed by atoms with E-state index in [1.165, 1.54) is 28.4 Å². The van der Waals surface area contributed by atoms with Gasteiger partial charge in [-0.15, -0.1) is 23.1 Å². The summed E-state index contributed by atoms with van der Waals surface area (Å²) in [6, 6.07) is -1.02. The summed E-state index contributed by atoms with van der Waals surface area (Å²) < 4.78 is 15.3. The third kappa shape index (κ3) is 5.32. The lowest BCUT2D eigenvalue weighted by Gasteiger charge is -2.49. The van der Waals surface area contributed by atoms with E-state index in [9.17, 15) is 24.4 Å². The molecule has 2 fully saturated rings. The molecule has 0 radical (unpaired) electrons. The summed E-state index contributed by atoms with van der Waals surface area (Å²) in [5, 5.41) is 15.9. The number of carbonyl (C=O) groups excluding carboxylic acids is 4. The minimum Gasteiger partial charge on any atom is -0.457 e. The first-order valence-corrected chi connectivity index (χ1v) is 13.6. The van der Waals surface area contributed by atoms with Crippen molar-refractivity contribution >= 4 is 64.0 Å². The molecule has 0 aliphatic carbocycles. The number of fused-ring (bicyclic) bond motifs is 1. The maximum Gasteiger partial charge on any atom is 0.509 e. The quantitative estimate of drug-likeness (QED) is 0.127. The van der Waals surface area contributed by atoms with E-state index in [0.29, 0.717) is 11.1 Å². The van der Waals surface area contributed by atoms with E-state index >= 15 is 0 Å². The van der Waals surface area contributed by atoms with Crippen molar-refractivity contribution in [1.29, 1.82) is 0 Å². The third-order valence-corrected chi connectivity index (χ3v) is 8.02. The van der Waals surface area contributed by atoms with Gasteiger partial charge >= 0.3 is 12.1 Å². The van der Waals surface area contributed by atoms with Crippen LogP contribution in [0.15, 0.2) is 46.6 Å². The van der Waals surface area contributed by atoms with E-state index in [-0.39, 0.29) is 28.9 Å². The molecular weight excluding hydrogens is 566 g/mol. The number of nitrogens with two attached hydrogens (primary N) is 1. The number of cyclic esters (lactones) is 2. The van der Waals surface area contributed by atoms with Gasteiger partial charge in [0, 0.05) is 29.1 Å². The number of nitrogens with zero attached hydrogens (tertiary/aromatic N) is 5. The average molecular weight is 588 g/mol. The fourth-order valence-corrected chi connectivity index (χ4v) is 5.91. The summed E-state index contributed by atoms with van der Waals surface area (Å²) in [6.45, 7) is 1.31. The number of nitrogen functional groups attached to an aromatic ring is 1. The Morgan fingerprint density at radius 1 is 1.30 bits per heavy atom. The predicted molar refractivity (Wildman–Crippen MR) is 140 cm³/mol. The fraction of sp³-hybridized carbons (Fsp3) is 0.304. The number of aromatic nitrogens is 3. The number of thiazole rings is 1. The molecule has 2 amide bonds. The van der Waals surface area contributed by atoms with Gasteiger partial charge in [-0.3, -0.25) is 14.5 Å². The average Bonchev–Trinajstić information content (AvgIpc) is 3.52. The Morgan fingerprint density at radius 3 is 2.73 bits per heavy atom. The van der Waals surface area contributed by atoms with Crippen molar-refractivity contribution in [2.75, 3.05) is 18.1 Å². The van der Waals surface area contributed by atoms with Crippen LogP contribution in [0, 0.1) is 0 Å². The number of ether oxygens (including phenoxy) is 3. The highest BCUT2D eigenvalue weighted by Crippen LogP contribution is 2.41. The number of hydrogen-bond acceptors (Lipinski definition) is 15. The lowest BCUT2D eigenvalue weighted by Crippen LogP contribution is -2.71. The van der Waals surface area contributed by atoms with Crippen LogP contribution in [0.2, 0.25) is 0 Å². The molecule has 2 unspecified atom stereocenters. The highest BCUT2D eigenvalue weighted by atomic mass is 32.2. The molecule has 5 rings (SSSR count). The van der Waals surface area contributed by atoms with Gasteiger partial charge in [0.2, 0.25) is 0 Å². The number of esters is 1. The Morgan fingerprint density at radius 2 is 2.08 bits per heavy atom. The van der Waals surface area contributed by atoms with E-state index in [4.69, 9.17) is 19.9 Å². The number of β-lactam (4-membered cyclic amide) rings is 1. The molecule has 4 atom stereocenters. The van der Waals surface area contributed by atoms with E-state index < -0.39 is 53.3 Å². The summed E-state index contributed by atoms with van der Waals surface area (Å²) >= 11 is 2.36. The maximum absolute atomic E-state index is 13.3. The first-order chi connectivity index (χ1) is 19.3. The summed E-state index contributed by atoms with van der Waals surface area (Å²) in [6.07, 6.45) is 5.58. The second kappa shape index (κ2) is 11.3. The maximum atomic E-state index is 13.3. The second-order valence-corrected chi connectivity index (χ2v) is 10.6. The first-order valence-electron chi connectivity index (χ1n) is 11.7. The number of thioether (sulfide) groups is 1. The number of nitrogens with one attached hydrogen (secondary N) is 1. The molecule has 40 heavy (non-hydrogen) atoms. The summed E-state index contributed by atoms with van der Waals surface area (Å²) in [5.74, 6) is -1.95. The molecule has 3 aliphatic rings. The number of carbonyl (C=O) groups is 4. The van der Waals surface area contributed by atoms with Crippen LogP contribution in [-0.2, 0) is 28.6 Å². The van der Waals surface area contributed by atoms with Crippen LogP contribution < -0.4 is 11.1 Å². The lowest BCUT2D eigenvalue weighted by atomic mass is 10.0. The lowest BCUT2D eigenvalue weighted by molar-refractivity contribution is -0.153. The zero-order valence-corrected chi connectivity index (χ0v) is 22.3. The van der Waals surface area contributed by atoms with Crippen LogP contribution in [0.4, 0.5) is 9.93 Å². The Hall–Kier alpha value is -4.51. The van der Waals surface area contributed by atoms with Crippen LogP contribution in [0.1, 0.15) is 18.2 Å². The van der Waals surface area contributed by atoms with Crippen molar-refractivity contribution in [3.63, 3.8) is 0 Å². The van der Waals surface area contributed by atoms with E-state index in [1.54, 1.807) is 31.5 Å². The summed E-state index contributed by atoms with van der Waals surface area (Å²) in [4.78, 5) is 63.8. The van der Waals surface area contributed by atoms with Gasteiger partial charge in [-0.25, -0.2) is 24.5 Å². The number of hydrogen-bond donors (Lipinski definition) is 3. The van der Waals surface area contributed by atoms with Gasteiger partial charge in [0.05, 0.1) is 0 Å². The van der Waals surface area contributed by atoms with Crippen LogP contribution >= 0.6 is 23.1 Å². The smallest absolute Gasteiger partial charge is 0.457 e. The highest BCUT2D eigenvalue weighted by molar-refractivity contribution is 8.00. The monoisotopic (exact) mass is 587 g/mol. The number of anilines is 1. The number of oxime groups is 1. The molecule has 0 aromatic carbocycles. The molecule has 2 saturated heterocycles. The largest absolute Gasteiger partial charge is 0.509 e. The van der Waals surface area contributed by atoms with Crippen molar-refractivity contribution in [2.45, 2.75) is 30.5 Å². The molecule has 2 aromatic rings. The Bertz CT molecular complexity index is 1440. The minimum absolute atomic E-state index is 0.0198. The second-order valence-electron chi connectivity index (χ2n) is 8.59. The van der Waals surface area contributed by atoms with Gasteiger partial charge in [0.25, 0.3) is 11.8 Å². The highest BCUT2D eigenvalue weighted by Gasteiger charge is 2.54. The zero-order valence-electron chi connectivity index (χ0n) is 20.6. The van der Waals surface area contributed by atoms with Gasteiger partial charge in [0.15, 0.2) is 16.9 Å². The molecule has 15 nitrogen and oxygen atoms in total. The van der Waals surface area contributed by atoms with E-state index in [0.717, 1.165) is 11.3 Å². The van der Waals surface area contributed by atoms with Gasteiger partial charge in [0.1, 0.15) is 41.8 Å². The molecule has 0 bridgehead atoms. The molecule has 208 valence electrons. The number of allylic oxidation sites excluding steroid dienone is 1. The standard InChI is InChI=1S/C23H21N7O8S2/c1-10-14(38-23(34)37-10)6-36-21(33)17-12(3-2-11-4-25-9-26-5-11)7-39-20-16(19(32)30(17)20)28-18(31)15(29-35)13-8-40-22(24)27-13/h2-5,8-10,14,16,20,35H,6-7H2,1H3,(H2,24,27)(H,28,31)/b3-2-,29-15+/t10?,14?,16-,20-/m1/s1. The molecule has 17 heteroatoms. The summed E-state index contributed by atoms with van der Waals surface area (Å²) in [5.41, 5.74) is 6.37. The van der Waals surface area contributed by atoms with Crippen molar-refractivity contribution < 1.29 is 38.6 Å².